The Bertz CT molecular complexity index is 979. The van der Waals surface area contributed by atoms with Gasteiger partial charge >= 0.3 is 0 Å². The van der Waals surface area contributed by atoms with E-state index in [2.05, 4.69) is 9.88 Å². The summed E-state index contributed by atoms with van der Waals surface area (Å²) < 4.78 is 36.8. The van der Waals surface area contributed by atoms with E-state index in [0.717, 1.165) is 30.8 Å². The van der Waals surface area contributed by atoms with Gasteiger partial charge in [0, 0.05) is 37.8 Å². The molecule has 1 aliphatic rings. The van der Waals surface area contributed by atoms with Crippen molar-refractivity contribution in [1.82, 2.24) is 14.3 Å². The van der Waals surface area contributed by atoms with Gasteiger partial charge in [0.25, 0.3) is 0 Å². The summed E-state index contributed by atoms with van der Waals surface area (Å²) in [6.45, 7) is 4.15. The molecule has 1 N–H and O–H groups in total. The summed E-state index contributed by atoms with van der Waals surface area (Å²) in [5.74, 6) is -2.13. The van der Waals surface area contributed by atoms with E-state index >= 15 is 0 Å². The van der Waals surface area contributed by atoms with Gasteiger partial charge in [0.15, 0.2) is 0 Å². The van der Waals surface area contributed by atoms with Crippen molar-refractivity contribution < 1.29 is 18.6 Å². The summed E-state index contributed by atoms with van der Waals surface area (Å²) in [5.41, 5.74) is 2.33. The molecule has 0 aliphatic carbocycles. The minimum atomic E-state index is -0.837. The lowest BCUT2D eigenvalue weighted by Gasteiger charge is -2.30. The lowest BCUT2D eigenvalue weighted by molar-refractivity contribution is -0.0190. The summed E-state index contributed by atoms with van der Waals surface area (Å²) in [4.78, 5) is 6.68. The highest BCUT2D eigenvalue weighted by atomic mass is 19.1. The van der Waals surface area contributed by atoms with Crippen molar-refractivity contribution >= 4 is 5.65 Å². The van der Waals surface area contributed by atoms with Gasteiger partial charge in [-0.15, -0.1) is 0 Å². The third kappa shape index (κ3) is 3.40. The molecule has 3 heterocycles. The maximum absolute atomic E-state index is 14.5. The fraction of sp³-hybridized carbons (Fsp3) is 0.350. The molecule has 2 aromatic heterocycles. The molecular weight excluding hydrogens is 352 g/mol. The predicted octanol–water partition coefficient (Wildman–Crippen LogP) is 3.17. The molecule has 0 unspecified atom stereocenters. The van der Waals surface area contributed by atoms with Crippen LogP contribution < -0.4 is 0 Å². The van der Waals surface area contributed by atoms with E-state index in [9.17, 15) is 13.9 Å². The van der Waals surface area contributed by atoms with Crippen molar-refractivity contribution in [2.24, 2.45) is 0 Å². The number of fused-ring (bicyclic) bond motifs is 1. The number of halogens is 2. The Hall–Kier alpha value is -2.51. The van der Waals surface area contributed by atoms with Crippen LogP contribution in [0.1, 0.15) is 11.3 Å². The standard InChI is InChI=1S/C20H21F2N3O2/c1-12-3-4-25-17(10-14-11-24(2)5-6-27-14)20(23-18(25)7-12)19-15(21)8-13(26)9-16(19)22/h3-4,7-9,14,26H,5-6,10-11H2,1-2H3/t14-/m0/s1. The summed E-state index contributed by atoms with van der Waals surface area (Å²) >= 11 is 0. The zero-order chi connectivity index (χ0) is 19.1. The van der Waals surface area contributed by atoms with E-state index in [1.807, 2.05) is 36.7 Å². The zero-order valence-electron chi connectivity index (χ0n) is 15.2. The molecule has 1 saturated heterocycles. The highest BCUT2D eigenvalue weighted by molar-refractivity contribution is 5.69. The van der Waals surface area contributed by atoms with Gasteiger partial charge in [-0.05, 0) is 31.7 Å². The molecular formula is C20H21F2N3O2. The number of benzene rings is 1. The van der Waals surface area contributed by atoms with Gasteiger partial charge in [-0.3, -0.25) is 0 Å². The van der Waals surface area contributed by atoms with Crippen LogP contribution >= 0.6 is 0 Å². The number of hydrogen-bond donors (Lipinski definition) is 1. The summed E-state index contributed by atoms with van der Waals surface area (Å²) in [6, 6.07) is 5.61. The van der Waals surface area contributed by atoms with Crippen LogP contribution in [0, 0.1) is 18.6 Å². The van der Waals surface area contributed by atoms with Gasteiger partial charge < -0.3 is 19.1 Å². The van der Waals surface area contributed by atoms with Crippen molar-refractivity contribution in [1.29, 1.82) is 0 Å². The fourth-order valence-corrected chi connectivity index (χ4v) is 3.58. The number of pyridine rings is 1. The average Bonchev–Trinajstić information content (AvgIpc) is 2.91. The second kappa shape index (κ2) is 6.90. The number of aromatic hydroxyl groups is 1. The minimum Gasteiger partial charge on any atom is -0.508 e. The first-order valence-electron chi connectivity index (χ1n) is 8.88. The molecule has 0 bridgehead atoms. The van der Waals surface area contributed by atoms with Gasteiger partial charge in [0.05, 0.1) is 29.7 Å². The molecule has 1 aliphatic heterocycles. The lowest BCUT2D eigenvalue weighted by Crippen LogP contribution is -2.41. The van der Waals surface area contributed by atoms with E-state index in [0.29, 0.717) is 24.4 Å². The molecule has 1 fully saturated rings. The van der Waals surface area contributed by atoms with Crippen molar-refractivity contribution in [2.75, 3.05) is 26.7 Å². The van der Waals surface area contributed by atoms with Crippen LogP contribution in [0.15, 0.2) is 30.5 Å². The Labute approximate surface area is 155 Å². The largest absolute Gasteiger partial charge is 0.508 e. The third-order valence-corrected chi connectivity index (χ3v) is 4.91. The van der Waals surface area contributed by atoms with Crippen LogP contribution in [0.25, 0.3) is 16.9 Å². The van der Waals surface area contributed by atoms with Crippen molar-refractivity contribution in [3.8, 4) is 17.0 Å². The predicted molar refractivity (Wildman–Crippen MR) is 97.9 cm³/mol. The molecule has 7 heteroatoms. The number of hydrogen-bond acceptors (Lipinski definition) is 4. The zero-order valence-corrected chi connectivity index (χ0v) is 15.2. The molecule has 0 spiro atoms. The number of aromatic nitrogens is 2. The van der Waals surface area contributed by atoms with Crippen LogP contribution in [0.3, 0.4) is 0 Å². The molecule has 5 nitrogen and oxygen atoms in total. The van der Waals surface area contributed by atoms with Crippen molar-refractivity contribution in [2.45, 2.75) is 19.4 Å². The van der Waals surface area contributed by atoms with Crippen LogP contribution in [0.4, 0.5) is 8.78 Å². The fourth-order valence-electron chi connectivity index (χ4n) is 3.58. The summed E-state index contributed by atoms with van der Waals surface area (Å²) in [5, 5.41) is 9.47. The molecule has 1 atom stereocenters. The molecule has 27 heavy (non-hydrogen) atoms. The molecule has 1 aromatic carbocycles. The van der Waals surface area contributed by atoms with E-state index in [1.54, 1.807) is 0 Å². The molecule has 0 radical (unpaired) electrons. The highest BCUT2D eigenvalue weighted by Crippen LogP contribution is 2.33. The molecule has 0 saturated carbocycles. The first-order chi connectivity index (χ1) is 12.9. The van der Waals surface area contributed by atoms with Crippen LogP contribution in [-0.4, -0.2) is 52.2 Å². The normalized spacial score (nSPS) is 18.3. The number of imidazole rings is 1. The third-order valence-electron chi connectivity index (χ3n) is 4.91. The average molecular weight is 373 g/mol. The first kappa shape index (κ1) is 17.9. The summed E-state index contributed by atoms with van der Waals surface area (Å²) in [6.07, 6.45) is 2.25. The number of ether oxygens (including phenoxy) is 1. The van der Waals surface area contributed by atoms with E-state index in [4.69, 9.17) is 4.74 Å². The van der Waals surface area contributed by atoms with E-state index in [1.165, 1.54) is 0 Å². The first-order valence-corrected chi connectivity index (χ1v) is 8.88. The monoisotopic (exact) mass is 373 g/mol. The van der Waals surface area contributed by atoms with E-state index in [-0.39, 0.29) is 17.4 Å². The molecule has 142 valence electrons. The molecule has 3 aromatic rings. The van der Waals surface area contributed by atoms with Gasteiger partial charge in [0.2, 0.25) is 0 Å². The highest BCUT2D eigenvalue weighted by Gasteiger charge is 2.26. The second-order valence-electron chi connectivity index (χ2n) is 7.08. The number of likely N-dealkylation sites (N-methyl/N-ethyl adjacent to an activating group) is 1. The number of phenols is 1. The minimum absolute atomic E-state index is 0.0908. The van der Waals surface area contributed by atoms with Crippen molar-refractivity contribution in [3.63, 3.8) is 0 Å². The van der Waals surface area contributed by atoms with Crippen LogP contribution in [0.2, 0.25) is 0 Å². The number of nitrogens with zero attached hydrogens (tertiary/aromatic N) is 3. The molecule has 4 rings (SSSR count). The second-order valence-corrected chi connectivity index (χ2v) is 7.08. The van der Waals surface area contributed by atoms with E-state index < -0.39 is 17.4 Å². The number of morpholine rings is 1. The van der Waals surface area contributed by atoms with Gasteiger partial charge in [-0.1, -0.05) is 0 Å². The van der Waals surface area contributed by atoms with Gasteiger partial charge in [-0.2, -0.15) is 0 Å². The Morgan fingerprint density at radius 2 is 2.00 bits per heavy atom. The summed E-state index contributed by atoms with van der Waals surface area (Å²) in [7, 11) is 2.02. The number of aryl methyl sites for hydroxylation is 1. The van der Waals surface area contributed by atoms with Crippen LogP contribution in [0.5, 0.6) is 5.75 Å². The van der Waals surface area contributed by atoms with Gasteiger partial charge in [0.1, 0.15) is 23.0 Å². The smallest absolute Gasteiger partial charge is 0.139 e. The lowest BCUT2D eigenvalue weighted by atomic mass is 10.0. The van der Waals surface area contributed by atoms with Gasteiger partial charge in [-0.25, -0.2) is 13.8 Å². The Morgan fingerprint density at radius 1 is 1.26 bits per heavy atom. The SMILES string of the molecule is Cc1ccn2c(C[C@H]3CN(C)CCO3)c(-c3c(F)cc(O)cc3F)nc2c1. The number of rotatable bonds is 3. The molecule has 0 amide bonds. The topological polar surface area (TPSA) is 50.0 Å². The van der Waals surface area contributed by atoms with Crippen molar-refractivity contribution in [3.05, 3.63) is 53.4 Å². The Kier molecular flexibility index (Phi) is 4.57. The van der Waals surface area contributed by atoms with Crippen LogP contribution in [-0.2, 0) is 11.2 Å². The maximum Gasteiger partial charge on any atom is 0.139 e. The quantitative estimate of drug-likeness (QED) is 0.766. The maximum atomic E-state index is 14.5. The Balaban J connectivity index is 1.87. The number of phenolic OH excluding ortho intramolecular Hbond substituents is 1. The Morgan fingerprint density at radius 3 is 2.70 bits per heavy atom.